The second kappa shape index (κ2) is 10.8. The van der Waals surface area contributed by atoms with Gasteiger partial charge in [0.05, 0.1) is 5.69 Å². The van der Waals surface area contributed by atoms with E-state index in [4.69, 9.17) is 11.6 Å². The molecule has 0 fully saturated rings. The highest BCUT2D eigenvalue weighted by Crippen LogP contribution is 2.16. The maximum absolute atomic E-state index is 5.90. The first-order chi connectivity index (χ1) is 9.05. The molecule has 0 atom stereocenters. The average Bonchev–Trinajstić information content (AvgIpc) is 2.40. The van der Waals surface area contributed by atoms with E-state index >= 15 is 0 Å². The van der Waals surface area contributed by atoms with Gasteiger partial charge in [-0.1, -0.05) is 29.8 Å². The molecule has 0 aliphatic rings. The molecule has 2 rings (SSSR count). The third-order valence-corrected chi connectivity index (χ3v) is 3.29. The number of rotatable bonds is 5. The first-order valence-electron chi connectivity index (χ1n) is 6.45. The Bertz CT molecular complexity index is 519. The van der Waals surface area contributed by atoms with Crippen LogP contribution in [0.3, 0.4) is 0 Å². The molecule has 3 nitrogen and oxygen atoms in total. The highest BCUT2D eigenvalue weighted by molar-refractivity contribution is 6.30. The number of benzene rings is 1. The van der Waals surface area contributed by atoms with E-state index < -0.39 is 0 Å². The van der Waals surface area contributed by atoms with E-state index in [1.807, 2.05) is 36.5 Å². The van der Waals surface area contributed by atoms with Crippen molar-refractivity contribution in [3.63, 3.8) is 0 Å². The highest BCUT2D eigenvalue weighted by atomic mass is 35.5. The van der Waals surface area contributed by atoms with Gasteiger partial charge >= 0.3 is 0 Å². The Balaban J connectivity index is 0. The summed E-state index contributed by atoms with van der Waals surface area (Å²) in [4.78, 5) is 4.32. The SMILES string of the molecule is CC(C)(Cc1ccc(Cl)cc1)NCc1ccccn1.Cl.Cl.O. The molecule has 0 unspecified atom stereocenters. The summed E-state index contributed by atoms with van der Waals surface area (Å²) in [7, 11) is 0. The van der Waals surface area contributed by atoms with Crippen molar-refractivity contribution in [2.24, 2.45) is 0 Å². The molecular weight excluding hydrogens is 343 g/mol. The van der Waals surface area contributed by atoms with Crippen LogP contribution in [0.1, 0.15) is 25.1 Å². The van der Waals surface area contributed by atoms with Crippen LogP contribution in [-0.2, 0) is 13.0 Å². The average molecular weight is 366 g/mol. The number of nitrogens with one attached hydrogen (secondary N) is 1. The first-order valence-corrected chi connectivity index (χ1v) is 6.82. The summed E-state index contributed by atoms with van der Waals surface area (Å²) in [6.07, 6.45) is 2.78. The van der Waals surface area contributed by atoms with Crippen molar-refractivity contribution in [1.82, 2.24) is 10.3 Å². The summed E-state index contributed by atoms with van der Waals surface area (Å²) in [5, 5.41) is 4.32. The molecule has 0 aliphatic carbocycles. The van der Waals surface area contributed by atoms with Gasteiger partial charge in [-0.15, -0.1) is 24.8 Å². The Kier molecular flexibility index (Phi) is 11.5. The van der Waals surface area contributed by atoms with E-state index in [9.17, 15) is 0 Å². The lowest BCUT2D eigenvalue weighted by Gasteiger charge is -2.26. The van der Waals surface area contributed by atoms with Gasteiger partial charge in [-0.25, -0.2) is 0 Å². The second-order valence-corrected chi connectivity index (χ2v) is 5.80. The van der Waals surface area contributed by atoms with E-state index in [0.29, 0.717) is 0 Å². The van der Waals surface area contributed by atoms with Crippen molar-refractivity contribution in [3.05, 3.63) is 64.9 Å². The lowest BCUT2D eigenvalue weighted by atomic mass is 9.95. The Labute approximate surface area is 149 Å². The second-order valence-electron chi connectivity index (χ2n) is 5.36. The minimum Gasteiger partial charge on any atom is -0.412 e. The molecule has 22 heavy (non-hydrogen) atoms. The summed E-state index contributed by atoms with van der Waals surface area (Å²) >= 11 is 5.90. The largest absolute Gasteiger partial charge is 0.412 e. The third kappa shape index (κ3) is 7.97. The van der Waals surface area contributed by atoms with Crippen LogP contribution in [0.5, 0.6) is 0 Å². The summed E-state index contributed by atoms with van der Waals surface area (Å²) in [6.45, 7) is 5.18. The Morgan fingerprint density at radius 2 is 1.68 bits per heavy atom. The maximum Gasteiger partial charge on any atom is 0.0541 e. The van der Waals surface area contributed by atoms with Crippen LogP contribution in [-0.4, -0.2) is 16.0 Å². The summed E-state index contributed by atoms with van der Waals surface area (Å²) < 4.78 is 0. The van der Waals surface area contributed by atoms with Crippen LogP contribution >= 0.6 is 36.4 Å². The number of hydrogen-bond donors (Lipinski definition) is 1. The van der Waals surface area contributed by atoms with Gasteiger partial charge in [-0.05, 0) is 50.1 Å². The molecule has 2 aromatic rings. The van der Waals surface area contributed by atoms with Crippen LogP contribution in [0.25, 0.3) is 0 Å². The Morgan fingerprint density at radius 3 is 2.23 bits per heavy atom. The van der Waals surface area contributed by atoms with Crippen LogP contribution in [0.15, 0.2) is 48.7 Å². The van der Waals surface area contributed by atoms with Crippen molar-refractivity contribution >= 4 is 36.4 Å². The predicted molar refractivity (Wildman–Crippen MR) is 98.4 cm³/mol. The molecule has 0 aliphatic heterocycles. The molecule has 1 heterocycles. The molecule has 0 saturated carbocycles. The number of hydrogen-bond acceptors (Lipinski definition) is 2. The van der Waals surface area contributed by atoms with E-state index in [2.05, 4.69) is 36.3 Å². The van der Waals surface area contributed by atoms with E-state index in [0.717, 1.165) is 23.7 Å². The van der Waals surface area contributed by atoms with Gasteiger partial charge in [-0.3, -0.25) is 4.98 Å². The third-order valence-electron chi connectivity index (χ3n) is 3.03. The van der Waals surface area contributed by atoms with Crippen LogP contribution < -0.4 is 5.32 Å². The molecule has 3 N–H and O–H groups in total. The normalized spacial score (nSPS) is 9.95. The van der Waals surface area contributed by atoms with Crippen molar-refractivity contribution in [1.29, 1.82) is 0 Å². The number of halogens is 3. The lowest BCUT2D eigenvalue weighted by Crippen LogP contribution is -2.40. The van der Waals surface area contributed by atoms with Gasteiger partial charge in [0, 0.05) is 23.3 Å². The molecule has 1 aromatic heterocycles. The summed E-state index contributed by atoms with van der Waals surface area (Å²) in [5.41, 5.74) is 2.36. The highest BCUT2D eigenvalue weighted by Gasteiger charge is 2.17. The van der Waals surface area contributed by atoms with Gasteiger partial charge in [0.15, 0.2) is 0 Å². The quantitative estimate of drug-likeness (QED) is 0.874. The first kappa shape index (κ1) is 23.4. The Morgan fingerprint density at radius 1 is 1.05 bits per heavy atom. The van der Waals surface area contributed by atoms with Crippen molar-refractivity contribution in [2.75, 3.05) is 0 Å². The minimum atomic E-state index is 0. The van der Waals surface area contributed by atoms with Crippen molar-refractivity contribution < 1.29 is 5.48 Å². The molecule has 0 amide bonds. The maximum atomic E-state index is 5.90. The van der Waals surface area contributed by atoms with E-state index in [1.165, 1.54) is 5.56 Å². The number of pyridine rings is 1. The fourth-order valence-electron chi connectivity index (χ4n) is 2.01. The monoisotopic (exact) mass is 364 g/mol. The zero-order valence-electron chi connectivity index (χ0n) is 12.7. The molecule has 0 saturated heterocycles. The van der Waals surface area contributed by atoms with E-state index in [-0.39, 0.29) is 35.8 Å². The molecule has 1 aromatic carbocycles. The standard InChI is InChI=1S/C16H19ClN2.2ClH.H2O/c1-16(2,11-13-6-8-14(17)9-7-13)19-12-15-5-3-4-10-18-15;;;/h3-10,19H,11-12H2,1-2H3;2*1H;1H2. The lowest BCUT2D eigenvalue weighted by molar-refractivity contribution is 0.382. The van der Waals surface area contributed by atoms with Crippen molar-refractivity contribution in [2.45, 2.75) is 32.4 Å². The molecule has 124 valence electrons. The fourth-order valence-corrected chi connectivity index (χ4v) is 2.13. The van der Waals surface area contributed by atoms with Crippen molar-refractivity contribution in [3.8, 4) is 0 Å². The topological polar surface area (TPSA) is 56.4 Å². The number of aromatic nitrogens is 1. The number of nitrogens with zero attached hydrogens (tertiary/aromatic N) is 1. The molecular formula is C16H23Cl3N2O. The molecule has 0 bridgehead atoms. The smallest absolute Gasteiger partial charge is 0.0541 e. The van der Waals surface area contributed by atoms with Gasteiger partial charge in [0.1, 0.15) is 0 Å². The predicted octanol–water partition coefficient (Wildman–Crippen LogP) is 3.86. The fraction of sp³-hybridized carbons (Fsp3) is 0.312. The van der Waals surface area contributed by atoms with Gasteiger partial charge in [0.25, 0.3) is 0 Å². The molecule has 0 spiro atoms. The van der Waals surface area contributed by atoms with Crippen LogP contribution in [0.4, 0.5) is 0 Å². The van der Waals surface area contributed by atoms with Gasteiger partial charge in [0.2, 0.25) is 0 Å². The zero-order chi connectivity index (χ0) is 13.7. The summed E-state index contributed by atoms with van der Waals surface area (Å²) in [5.74, 6) is 0. The minimum absolute atomic E-state index is 0. The molecule has 0 radical (unpaired) electrons. The van der Waals surface area contributed by atoms with E-state index in [1.54, 1.807) is 0 Å². The summed E-state index contributed by atoms with van der Waals surface area (Å²) in [6, 6.07) is 14.0. The molecule has 6 heteroatoms. The van der Waals surface area contributed by atoms with Crippen LogP contribution in [0, 0.1) is 0 Å². The zero-order valence-corrected chi connectivity index (χ0v) is 15.1. The van der Waals surface area contributed by atoms with Gasteiger partial charge in [-0.2, -0.15) is 0 Å². The van der Waals surface area contributed by atoms with Crippen LogP contribution in [0.2, 0.25) is 5.02 Å². The Hall–Kier alpha value is -0.840. The van der Waals surface area contributed by atoms with Gasteiger partial charge < -0.3 is 10.8 Å².